The lowest BCUT2D eigenvalue weighted by molar-refractivity contribution is -0.138. The molecule has 1 aromatic carbocycles. The number of amides is 1. The molecule has 0 saturated carbocycles. The molecule has 0 aliphatic heterocycles. The lowest BCUT2D eigenvalue weighted by Crippen LogP contribution is -2.42. The second kappa shape index (κ2) is 6.49. The Morgan fingerprint density at radius 3 is 2.55 bits per heavy atom. The van der Waals surface area contributed by atoms with E-state index < -0.39 is 24.7 Å². The Bertz CT molecular complexity index is 475. The van der Waals surface area contributed by atoms with Crippen LogP contribution in [-0.2, 0) is 4.79 Å². The number of hydrogen-bond acceptors (Lipinski definition) is 3. The predicted molar refractivity (Wildman–Crippen MR) is 69.9 cm³/mol. The molecule has 112 valence electrons. The molecule has 20 heavy (non-hydrogen) atoms. The lowest BCUT2D eigenvalue weighted by atomic mass is 10.2. The SMILES string of the molecule is COc1ccc(NC(C)C(=O)NCC(F)(F)F)cc1C. The molecule has 0 heterocycles. The third-order valence-corrected chi connectivity index (χ3v) is 2.63. The molecule has 0 radical (unpaired) electrons. The van der Waals surface area contributed by atoms with Crippen LogP contribution in [-0.4, -0.2) is 31.8 Å². The molecule has 0 aliphatic rings. The van der Waals surface area contributed by atoms with Gasteiger partial charge in [-0.3, -0.25) is 4.79 Å². The summed E-state index contributed by atoms with van der Waals surface area (Å²) in [6.45, 7) is 1.99. The highest BCUT2D eigenvalue weighted by Gasteiger charge is 2.28. The number of carbonyl (C=O) groups excluding carboxylic acids is 1. The van der Waals surface area contributed by atoms with E-state index in [0.29, 0.717) is 11.4 Å². The standard InChI is InChI=1S/C13H17F3N2O2/c1-8-6-10(4-5-11(8)20-3)18-9(2)12(19)17-7-13(14,15)16/h4-6,9,18H,7H2,1-3H3,(H,17,19). The molecule has 0 aromatic heterocycles. The van der Waals surface area contributed by atoms with E-state index in [0.717, 1.165) is 5.56 Å². The van der Waals surface area contributed by atoms with Gasteiger partial charge in [0, 0.05) is 5.69 Å². The van der Waals surface area contributed by atoms with E-state index in [4.69, 9.17) is 4.74 Å². The fourth-order valence-electron chi connectivity index (χ4n) is 1.62. The van der Waals surface area contributed by atoms with Crippen LogP contribution < -0.4 is 15.4 Å². The molecular weight excluding hydrogens is 273 g/mol. The van der Waals surface area contributed by atoms with E-state index in [9.17, 15) is 18.0 Å². The van der Waals surface area contributed by atoms with Crippen LogP contribution in [0, 0.1) is 6.92 Å². The quantitative estimate of drug-likeness (QED) is 0.876. The van der Waals surface area contributed by atoms with Crippen LogP contribution >= 0.6 is 0 Å². The molecule has 0 aliphatic carbocycles. The van der Waals surface area contributed by atoms with Crippen LogP contribution in [0.25, 0.3) is 0 Å². The topological polar surface area (TPSA) is 50.4 Å². The highest BCUT2D eigenvalue weighted by Crippen LogP contribution is 2.21. The minimum atomic E-state index is -4.41. The average molecular weight is 290 g/mol. The monoisotopic (exact) mass is 290 g/mol. The Hall–Kier alpha value is -1.92. The van der Waals surface area contributed by atoms with Crippen molar-refractivity contribution in [3.8, 4) is 5.75 Å². The molecule has 7 heteroatoms. The number of methoxy groups -OCH3 is 1. The van der Waals surface area contributed by atoms with Crippen LogP contribution in [0.5, 0.6) is 5.75 Å². The summed E-state index contributed by atoms with van der Waals surface area (Å²) >= 11 is 0. The van der Waals surface area contributed by atoms with E-state index in [2.05, 4.69) is 5.32 Å². The summed E-state index contributed by atoms with van der Waals surface area (Å²) in [5, 5.41) is 4.66. The van der Waals surface area contributed by atoms with Crippen molar-refractivity contribution < 1.29 is 22.7 Å². The first kappa shape index (κ1) is 16.1. The molecule has 1 aromatic rings. The van der Waals surface area contributed by atoms with Gasteiger partial charge in [-0.15, -0.1) is 0 Å². The Kier molecular flexibility index (Phi) is 5.24. The smallest absolute Gasteiger partial charge is 0.405 e. The molecule has 4 nitrogen and oxygen atoms in total. The molecule has 2 N–H and O–H groups in total. The fraction of sp³-hybridized carbons (Fsp3) is 0.462. The molecule has 0 fully saturated rings. The molecule has 1 amide bonds. The zero-order chi connectivity index (χ0) is 15.3. The van der Waals surface area contributed by atoms with Gasteiger partial charge in [0.05, 0.1) is 7.11 Å². The summed E-state index contributed by atoms with van der Waals surface area (Å²) in [6, 6.07) is 4.40. The van der Waals surface area contributed by atoms with Gasteiger partial charge in [0.1, 0.15) is 18.3 Å². The highest BCUT2D eigenvalue weighted by atomic mass is 19.4. The maximum Gasteiger partial charge on any atom is 0.405 e. The van der Waals surface area contributed by atoms with Crippen molar-refractivity contribution in [2.45, 2.75) is 26.1 Å². The largest absolute Gasteiger partial charge is 0.496 e. The van der Waals surface area contributed by atoms with E-state index in [1.165, 1.54) is 6.92 Å². The van der Waals surface area contributed by atoms with Gasteiger partial charge in [0.15, 0.2) is 0 Å². The fourth-order valence-corrected chi connectivity index (χ4v) is 1.62. The molecule has 0 spiro atoms. The number of ether oxygens (including phenoxy) is 1. The summed E-state index contributed by atoms with van der Waals surface area (Å²) < 4.78 is 41.1. The van der Waals surface area contributed by atoms with Crippen LogP contribution in [0.1, 0.15) is 12.5 Å². The number of anilines is 1. The Labute approximate surface area is 115 Å². The summed E-state index contributed by atoms with van der Waals surface area (Å²) in [6.07, 6.45) is -4.41. The van der Waals surface area contributed by atoms with Gasteiger partial charge < -0.3 is 15.4 Å². The normalized spacial score (nSPS) is 12.7. The minimum absolute atomic E-state index is 0.637. The summed E-state index contributed by atoms with van der Waals surface area (Å²) in [4.78, 5) is 11.5. The van der Waals surface area contributed by atoms with Gasteiger partial charge in [-0.2, -0.15) is 13.2 Å². The number of aryl methyl sites for hydroxylation is 1. The van der Waals surface area contributed by atoms with Gasteiger partial charge in [-0.05, 0) is 37.6 Å². The highest BCUT2D eigenvalue weighted by molar-refractivity contribution is 5.84. The van der Waals surface area contributed by atoms with Crippen molar-refractivity contribution in [1.82, 2.24) is 5.32 Å². The van der Waals surface area contributed by atoms with Crippen LogP contribution in [0.2, 0.25) is 0 Å². The molecule has 0 saturated heterocycles. The number of hydrogen-bond donors (Lipinski definition) is 2. The average Bonchev–Trinajstić information content (AvgIpc) is 2.35. The lowest BCUT2D eigenvalue weighted by Gasteiger charge is -2.17. The van der Waals surface area contributed by atoms with Crippen LogP contribution in [0.15, 0.2) is 18.2 Å². The van der Waals surface area contributed by atoms with Crippen molar-refractivity contribution in [3.05, 3.63) is 23.8 Å². The van der Waals surface area contributed by atoms with Crippen LogP contribution in [0.4, 0.5) is 18.9 Å². The zero-order valence-electron chi connectivity index (χ0n) is 11.5. The number of halogens is 3. The first-order valence-corrected chi connectivity index (χ1v) is 5.98. The van der Waals surface area contributed by atoms with Crippen molar-refractivity contribution in [2.75, 3.05) is 19.0 Å². The molecule has 1 rings (SSSR count). The zero-order valence-corrected chi connectivity index (χ0v) is 11.5. The number of rotatable bonds is 5. The maximum atomic E-state index is 12.0. The second-order valence-corrected chi connectivity index (χ2v) is 4.38. The number of benzene rings is 1. The Morgan fingerprint density at radius 2 is 2.05 bits per heavy atom. The first-order valence-electron chi connectivity index (χ1n) is 5.98. The molecule has 1 atom stereocenters. The van der Waals surface area contributed by atoms with Gasteiger partial charge in [0.25, 0.3) is 0 Å². The Balaban J connectivity index is 2.59. The molecular formula is C13H17F3N2O2. The van der Waals surface area contributed by atoms with E-state index in [1.54, 1.807) is 25.3 Å². The number of nitrogens with one attached hydrogen (secondary N) is 2. The van der Waals surface area contributed by atoms with E-state index in [-0.39, 0.29) is 0 Å². The molecule has 0 bridgehead atoms. The van der Waals surface area contributed by atoms with E-state index in [1.807, 2.05) is 12.2 Å². The maximum absolute atomic E-state index is 12.0. The van der Waals surface area contributed by atoms with Crippen molar-refractivity contribution in [1.29, 1.82) is 0 Å². The third-order valence-electron chi connectivity index (χ3n) is 2.63. The van der Waals surface area contributed by atoms with Gasteiger partial charge in [-0.25, -0.2) is 0 Å². The number of carbonyl (C=O) groups is 1. The van der Waals surface area contributed by atoms with E-state index >= 15 is 0 Å². The summed E-state index contributed by atoms with van der Waals surface area (Å²) in [7, 11) is 1.54. The van der Waals surface area contributed by atoms with Gasteiger partial charge >= 0.3 is 6.18 Å². The summed E-state index contributed by atoms with van der Waals surface area (Å²) in [5.74, 6) is -0.0134. The molecule has 1 unspecified atom stereocenters. The summed E-state index contributed by atoms with van der Waals surface area (Å²) in [5.41, 5.74) is 1.50. The first-order chi connectivity index (χ1) is 9.23. The second-order valence-electron chi connectivity index (χ2n) is 4.38. The number of alkyl halides is 3. The minimum Gasteiger partial charge on any atom is -0.496 e. The Morgan fingerprint density at radius 1 is 1.40 bits per heavy atom. The third kappa shape index (κ3) is 4.99. The predicted octanol–water partition coefficient (Wildman–Crippen LogP) is 2.48. The van der Waals surface area contributed by atoms with Gasteiger partial charge in [0.2, 0.25) is 5.91 Å². The van der Waals surface area contributed by atoms with Crippen molar-refractivity contribution in [3.63, 3.8) is 0 Å². The van der Waals surface area contributed by atoms with Crippen molar-refractivity contribution >= 4 is 11.6 Å². The van der Waals surface area contributed by atoms with Gasteiger partial charge in [-0.1, -0.05) is 0 Å². The van der Waals surface area contributed by atoms with Crippen molar-refractivity contribution in [2.24, 2.45) is 0 Å². The van der Waals surface area contributed by atoms with Crippen LogP contribution in [0.3, 0.4) is 0 Å².